The van der Waals surface area contributed by atoms with E-state index in [0.717, 1.165) is 42.2 Å². The van der Waals surface area contributed by atoms with Crippen molar-refractivity contribution in [3.63, 3.8) is 0 Å². The summed E-state index contributed by atoms with van der Waals surface area (Å²) in [7, 11) is 1.66. The SMILES string of the molecule is COc1ccc(C2CN(c3ccnc(C)c3)CC[C@H]2NC(=O)Nc2ccc(Cl)cc2)cc1. The van der Waals surface area contributed by atoms with Crippen LogP contribution in [0.1, 0.15) is 23.6 Å². The van der Waals surface area contributed by atoms with Gasteiger partial charge >= 0.3 is 6.03 Å². The van der Waals surface area contributed by atoms with Gasteiger partial charge in [0.05, 0.1) is 7.11 Å². The fraction of sp³-hybridized carbons (Fsp3) is 0.280. The van der Waals surface area contributed by atoms with Crippen molar-refractivity contribution in [2.45, 2.75) is 25.3 Å². The summed E-state index contributed by atoms with van der Waals surface area (Å²) < 4.78 is 5.32. The Bertz CT molecular complexity index is 1060. The predicted octanol–water partition coefficient (Wildman–Crippen LogP) is 5.24. The number of pyridine rings is 1. The second-order valence-corrected chi connectivity index (χ2v) is 8.42. The number of nitrogens with one attached hydrogen (secondary N) is 2. The van der Waals surface area contributed by atoms with Crippen LogP contribution in [0, 0.1) is 6.92 Å². The highest BCUT2D eigenvalue weighted by atomic mass is 35.5. The van der Waals surface area contributed by atoms with Crippen LogP contribution in [-0.2, 0) is 0 Å². The Hall–Kier alpha value is -3.25. The van der Waals surface area contributed by atoms with Gasteiger partial charge in [0.2, 0.25) is 0 Å². The molecule has 6 nitrogen and oxygen atoms in total. The first-order valence-corrected chi connectivity index (χ1v) is 11.0. The third-order valence-electron chi connectivity index (χ3n) is 5.82. The van der Waals surface area contributed by atoms with Crippen LogP contribution >= 0.6 is 11.6 Å². The summed E-state index contributed by atoms with van der Waals surface area (Å²) >= 11 is 5.94. The van der Waals surface area contributed by atoms with Crippen molar-refractivity contribution >= 4 is 29.0 Å². The van der Waals surface area contributed by atoms with Crippen LogP contribution in [0.5, 0.6) is 5.75 Å². The molecule has 1 aliphatic rings. The van der Waals surface area contributed by atoms with Gasteiger partial charge in [-0.05, 0) is 67.4 Å². The zero-order chi connectivity index (χ0) is 22.5. The third kappa shape index (κ3) is 5.32. The molecule has 0 spiro atoms. The van der Waals surface area contributed by atoms with Gasteiger partial charge in [0.15, 0.2) is 0 Å². The molecule has 4 rings (SSSR count). The molecule has 1 unspecified atom stereocenters. The number of rotatable bonds is 5. The van der Waals surface area contributed by atoms with Gasteiger partial charge in [-0.1, -0.05) is 23.7 Å². The Labute approximate surface area is 193 Å². The lowest BCUT2D eigenvalue weighted by molar-refractivity contribution is 0.243. The predicted molar refractivity (Wildman–Crippen MR) is 129 cm³/mol. The van der Waals surface area contributed by atoms with Gasteiger partial charge in [0, 0.05) is 53.3 Å². The molecule has 2 atom stereocenters. The minimum Gasteiger partial charge on any atom is -0.497 e. The maximum absolute atomic E-state index is 12.7. The number of halogens is 1. The van der Waals surface area contributed by atoms with Crippen LogP contribution in [0.2, 0.25) is 5.02 Å². The first kappa shape index (κ1) is 22.0. The molecule has 1 saturated heterocycles. The van der Waals surface area contributed by atoms with Crippen LogP contribution < -0.4 is 20.3 Å². The number of urea groups is 1. The zero-order valence-electron chi connectivity index (χ0n) is 18.2. The average molecular weight is 451 g/mol. The molecule has 0 aliphatic carbocycles. The average Bonchev–Trinajstić information content (AvgIpc) is 2.81. The van der Waals surface area contributed by atoms with Crippen molar-refractivity contribution < 1.29 is 9.53 Å². The van der Waals surface area contributed by atoms with E-state index in [1.165, 1.54) is 0 Å². The lowest BCUT2D eigenvalue weighted by Gasteiger charge is -2.40. The highest BCUT2D eigenvalue weighted by Crippen LogP contribution is 2.31. The van der Waals surface area contributed by atoms with E-state index in [4.69, 9.17) is 16.3 Å². The molecule has 0 saturated carbocycles. The standard InChI is InChI=1S/C25H27ClN4O2/c1-17-15-21(11-13-27-17)30-14-12-24(23(16-30)18-3-9-22(32-2)10-4-18)29-25(31)28-20-7-5-19(26)6-8-20/h3-11,13,15,23-24H,12,14,16H2,1-2H3,(H2,28,29,31)/t23?,24-/m1/s1. The number of hydrogen-bond donors (Lipinski definition) is 2. The Morgan fingerprint density at radius 2 is 1.88 bits per heavy atom. The maximum Gasteiger partial charge on any atom is 0.319 e. The molecule has 1 fully saturated rings. The number of carbonyl (C=O) groups excluding carboxylic acids is 1. The molecule has 1 aromatic heterocycles. The summed E-state index contributed by atoms with van der Waals surface area (Å²) in [6.07, 6.45) is 2.67. The summed E-state index contributed by atoms with van der Waals surface area (Å²) in [5, 5.41) is 6.73. The molecule has 1 aliphatic heterocycles. The zero-order valence-corrected chi connectivity index (χ0v) is 19.0. The van der Waals surface area contributed by atoms with Crippen molar-refractivity contribution in [1.29, 1.82) is 0 Å². The van der Waals surface area contributed by atoms with Gasteiger partial charge in [-0.15, -0.1) is 0 Å². The van der Waals surface area contributed by atoms with Gasteiger partial charge in [-0.2, -0.15) is 0 Å². The van der Waals surface area contributed by atoms with Gasteiger partial charge in [-0.25, -0.2) is 4.79 Å². The van der Waals surface area contributed by atoms with E-state index >= 15 is 0 Å². The van der Waals surface area contributed by atoms with Crippen molar-refractivity contribution in [3.05, 3.63) is 83.1 Å². The molecular formula is C25H27ClN4O2. The van der Waals surface area contributed by atoms with Crippen molar-refractivity contribution in [3.8, 4) is 5.75 Å². The van der Waals surface area contributed by atoms with Gasteiger partial charge in [-0.3, -0.25) is 4.98 Å². The first-order chi connectivity index (χ1) is 15.5. The van der Waals surface area contributed by atoms with Gasteiger partial charge in [0.1, 0.15) is 5.75 Å². The van der Waals surface area contributed by atoms with Crippen molar-refractivity contribution in [2.75, 3.05) is 30.4 Å². The maximum atomic E-state index is 12.7. The third-order valence-corrected chi connectivity index (χ3v) is 6.07. The molecular weight excluding hydrogens is 424 g/mol. The summed E-state index contributed by atoms with van der Waals surface area (Å²) in [6, 6.07) is 19.1. The number of amides is 2. The summed E-state index contributed by atoms with van der Waals surface area (Å²) in [5.74, 6) is 0.940. The Morgan fingerprint density at radius 1 is 1.12 bits per heavy atom. The van der Waals surface area contributed by atoms with E-state index in [0.29, 0.717) is 10.7 Å². The molecule has 0 radical (unpaired) electrons. The number of aryl methyl sites for hydroxylation is 1. The highest BCUT2D eigenvalue weighted by Gasteiger charge is 2.32. The quantitative estimate of drug-likeness (QED) is 0.558. The normalized spacial score (nSPS) is 18.2. The summed E-state index contributed by atoms with van der Waals surface area (Å²) in [6.45, 7) is 3.64. The molecule has 166 valence electrons. The number of carbonyl (C=O) groups is 1. The molecule has 0 bridgehead atoms. The Kier molecular flexibility index (Phi) is 6.81. The Balaban J connectivity index is 1.52. The van der Waals surface area contributed by atoms with E-state index in [1.807, 2.05) is 31.3 Å². The van der Waals surface area contributed by atoms with Crippen LogP contribution in [-0.4, -0.2) is 37.3 Å². The fourth-order valence-corrected chi connectivity index (χ4v) is 4.27. The van der Waals surface area contributed by atoms with E-state index in [9.17, 15) is 4.79 Å². The lowest BCUT2D eigenvalue weighted by Crippen LogP contribution is -2.50. The molecule has 3 aromatic rings. The van der Waals surface area contributed by atoms with Gasteiger partial charge < -0.3 is 20.3 Å². The number of ether oxygens (including phenoxy) is 1. The minimum atomic E-state index is -0.218. The second kappa shape index (κ2) is 9.92. The fourth-order valence-electron chi connectivity index (χ4n) is 4.14. The monoisotopic (exact) mass is 450 g/mol. The number of piperidine rings is 1. The highest BCUT2D eigenvalue weighted by molar-refractivity contribution is 6.30. The molecule has 2 amide bonds. The van der Waals surface area contributed by atoms with Crippen LogP contribution in [0.15, 0.2) is 66.9 Å². The number of anilines is 2. The minimum absolute atomic E-state index is 0.00474. The van der Waals surface area contributed by atoms with Crippen molar-refractivity contribution in [1.82, 2.24) is 10.3 Å². The number of benzene rings is 2. The number of aromatic nitrogens is 1. The van der Waals surface area contributed by atoms with Crippen LogP contribution in [0.25, 0.3) is 0 Å². The molecule has 7 heteroatoms. The summed E-state index contributed by atoms with van der Waals surface area (Å²) in [5.41, 5.74) is 4.02. The second-order valence-electron chi connectivity index (χ2n) is 7.98. The Morgan fingerprint density at radius 3 is 2.56 bits per heavy atom. The molecule has 2 N–H and O–H groups in total. The van der Waals surface area contributed by atoms with E-state index in [2.05, 4.69) is 38.7 Å². The van der Waals surface area contributed by atoms with Crippen LogP contribution in [0.4, 0.5) is 16.2 Å². The first-order valence-electron chi connectivity index (χ1n) is 10.7. The molecule has 32 heavy (non-hydrogen) atoms. The van der Waals surface area contributed by atoms with E-state index in [1.54, 1.807) is 31.4 Å². The largest absolute Gasteiger partial charge is 0.497 e. The lowest BCUT2D eigenvalue weighted by atomic mass is 9.85. The van der Waals surface area contributed by atoms with Gasteiger partial charge in [0.25, 0.3) is 0 Å². The molecule has 2 heterocycles. The molecule has 2 aromatic carbocycles. The number of nitrogens with zero attached hydrogens (tertiary/aromatic N) is 2. The van der Waals surface area contributed by atoms with Crippen LogP contribution in [0.3, 0.4) is 0 Å². The topological polar surface area (TPSA) is 66.5 Å². The smallest absolute Gasteiger partial charge is 0.319 e. The van der Waals surface area contributed by atoms with Crippen molar-refractivity contribution in [2.24, 2.45) is 0 Å². The number of hydrogen-bond acceptors (Lipinski definition) is 4. The van der Waals surface area contributed by atoms with E-state index < -0.39 is 0 Å². The van der Waals surface area contributed by atoms with E-state index in [-0.39, 0.29) is 18.0 Å². The summed E-state index contributed by atoms with van der Waals surface area (Å²) in [4.78, 5) is 19.4. The number of methoxy groups -OCH3 is 1.